The number of rotatable bonds is 7. The van der Waals surface area contributed by atoms with Crippen LogP contribution in [0, 0.1) is 13.8 Å². The van der Waals surface area contributed by atoms with Crippen molar-refractivity contribution in [3.63, 3.8) is 0 Å². The lowest BCUT2D eigenvalue weighted by atomic mass is 10.1. The van der Waals surface area contributed by atoms with Crippen LogP contribution in [0.2, 0.25) is 0 Å². The lowest BCUT2D eigenvalue weighted by Gasteiger charge is -2.11. The number of nitrogens with one attached hydrogen (secondary N) is 2. The highest BCUT2D eigenvalue weighted by Gasteiger charge is 2.13. The van der Waals surface area contributed by atoms with E-state index in [0.29, 0.717) is 5.69 Å². The van der Waals surface area contributed by atoms with Gasteiger partial charge in [0.15, 0.2) is 0 Å². The number of amides is 1. The molecule has 0 saturated carbocycles. The molecular formula is C18H22N2O4S. The minimum atomic E-state index is -3.62. The standard InChI is InChI=1S/C18H22N2O4S/c1-13-4-9-18(14(2)12-13)24-11-10-19-25(22,23)17-7-5-16(6-8-17)20-15(3)21/h4-9,12,19H,10-11H2,1-3H3,(H,20,21). The maximum absolute atomic E-state index is 12.2. The molecule has 0 atom stereocenters. The van der Waals surface area contributed by atoms with E-state index in [-0.39, 0.29) is 24.0 Å². The van der Waals surface area contributed by atoms with Gasteiger partial charge in [0.1, 0.15) is 12.4 Å². The van der Waals surface area contributed by atoms with Gasteiger partial charge in [-0.3, -0.25) is 4.79 Å². The van der Waals surface area contributed by atoms with Crippen LogP contribution in [0.3, 0.4) is 0 Å². The molecule has 0 saturated heterocycles. The van der Waals surface area contributed by atoms with Crippen molar-refractivity contribution in [2.45, 2.75) is 25.7 Å². The minimum absolute atomic E-state index is 0.133. The molecule has 0 aliphatic rings. The van der Waals surface area contributed by atoms with Crippen LogP contribution in [0.25, 0.3) is 0 Å². The predicted molar refractivity (Wildman–Crippen MR) is 97.3 cm³/mol. The SMILES string of the molecule is CC(=O)Nc1ccc(S(=O)(=O)NCCOc2ccc(C)cc2C)cc1. The molecule has 0 heterocycles. The Morgan fingerprint density at radius 2 is 1.76 bits per heavy atom. The molecule has 0 bridgehead atoms. The van der Waals surface area contributed by atoms with Gasteiger partial charge in [0.05, 0.1) is 4.90 Å². The molecule has 2 aromatic rings. The van der Waals surface area contributed by atoms with Crippen molar-refractivity contribution < 1.29 is 17.9 Å². The second kappa shape index (κ2) is 8.13. The van der Waals surface area contributed by atoms with Crippen molar-refractivity contribution in [1.82, 2.24) is 4.72 Å². The number of hydrogen-bond acceptors (Lipinski definition) is 4. The fraction of sp³-hybridized carbons (Fsp3) is 0.278. The second-order valence-corrected chi connectivity index (χ2v) is 7.49. The van der Waals surface area contributed by atoms with Crippen LogP contribution in [0.5, 0.6) is 5.75 Å². The smallest absolute Gasteiger partial charge is 0.240 e. The molecule has 0 unspecified atom stereocenters. The first-order valence-corrected chi connectivity index (χ1v) is 9.33. The zero-order valence-electron chi connectivity index (χ0n) is 14.5. The van der Waals surface area contributed by atoms with Gasteiger partial charge >= 0.3 is 0 Å². The van der Waals surface area contributed by atoms with E-state index in [1.165, 1.54) is 19.1 Å². The summed E-state index contributed by atoms with van der Waals surface area (Å²) in [5, 5.41) is 2.59. The van der Waals surface area contributed by atoms with E-state index in [0.717, 1.165) is 16.9 Å². The molecule has 0 aromatic heterocycles. The third-order valence-electron chi connectivity index (χ3n) is 3.47. The van der Waals surface area contributed by atoms with Crippen LogP contribution < -0.4 is 14.8 Å². The number of hydrogen-bond donors (Lipinski definition) is 2. The molecule has 0 aliphatic carbocycles. The summed E-state index contributed by atoms with van der Waals surface area (Å²) < 4.78 is 32.6. The van der Waals surface area contributed by atoms with Crippen LogP contribution in [-0.4, -0.2) is 27.5 Å². The molecule has 0 aliphatic heterocycles. The Balaban J connectivity index is 1.89. The van der Waals surface area contributed by atoms with Gasteiger partial charge < -0.3 is 10.1 Å². The number of benzene rings is 2. The molecule has 134 valence electrons. The Bertz CT molecular complexity index is 846. The molecule has 2 aromatic carbocycles. The van der Waals surface area contributed by atoms with Gasteiger partial charge in [-0.15, -0.1) is 0 Å². The molecule has 0 spiro atoms. The number of anilines is 1. The average Bonchev–Trinajstić information content (AvgIpc) is 2.53. The normalized spacial score (nSPS) is 11.2. The Labute approximate surface area is 148 Å². The largest absolute Gasteiger partial charge is 0.492 e. The number of aryl methyl sites for hydroxylation is 2. The lowest BCUT2D eigenvalue weighted by molar-refractivity contribution is -0.114. The maximum Gasteiger partial charge on any atom is 0.240 e. The summed E-state index contributed by atoms with van der Waals surface area (Å²) in [7, 11) is -3.62. The highest BCUT2D eigenvalue weighted by atomic mass is 32.2. The highest BCUT2D eigenvalue weighted by Crippen LogP contribution is 2.18. The van der Waals surface area contributed by atoms with Crippen LogP contribution in [0.1, 0.15) is 18.1 Å². The van der Waals surface area contributed by atoms with Gasteiger partial charge in [-0.2, -0.15) is 0 Å². The first-order chi connectivity index (χ1) is 11.8. The summed E-state index contributed by atoms with van der Waals surface area (Å²) in [6.07, 6.45) is 0. The first-order valence-electron chi connectivity index (χ1n) is 7.85. The van der Waals surface area contributed by atoms with Crippen molar-refractivity contribution in [2.24, 2.45) is 0 Å². The second-order valence-electron chi connectivity index (χ2n) is 5.72. The van der Waals surface area contributed by atoms with Crippen LogP contribution in [-0.2, 0) is 14.8 Å². The molecule has 25 heavy (non-hydrogen) atoms. The average molecular weight is 362 g/mol. The third-order valence-corrected chi connectivity index (χ3v) is 4.94. The van der Waals surface area contributed by atoms with E-state index < -0.39 is 10.0 Å². The number of carbonyl (C=O) groups is 1. The van der Waals surface area contributed by atoms with E-state index in [2.05, 4.69) is 10.0 Å². The Hall–Kier alpha value is -2.38. The van der Waals surface area contributed by atoms with Crippen molar-refractivity contribution in [2.75, 3.05) is 18.5 Å². The summed E-state index contributed by atoms with van der Waals surface area (Å²) in [6.45, 7) is 5.73. The van der Waals surface area contributed by atoms with Crippen LogP contribution >= 0.6 is 0 Å². The number of sulfonamides is 1. The van der Waals surface area contributed by atoms with Crippen molar-refractivity contribution in [1.29, 1.82) is 0 Å². The molecule has 2 N–H and O–H groups in total. The molecule has 2 rings (SSSR count). The summed E-state index contributed by atoms with van der Waals surface area (Å²) in [5.41, 5.74) is 2.70. The van der Waals surface area contributed by atoms with Gasteiger partial charge in [0, 0.05) is 19.2 Å². The quantitative estimate of drug-likeness (QED) is 0.742. The van der Waals surface area contributed by atoms with Gasteiger partial charge in [-0.05, 0) is 49.7 Å². The fourth-order valence-electron chi connectivity index (χ4n) is 2.30. The van der Waals surface area contributed by atoms with Crippen LogP contribution in [0.15, 0.2) is 47.4 Å². The Morgan fingerprint density at radius 1 is 1.08 bits per heavy atom. The monoisotopic (exact) mass is 362 g/mol. The van der Waals surface area contributed by atoms with Gasteiger partial charge in [0.2, 0.25) is 15.9 Å². The zero-order chi connectivity index (χ0) is 18.4. The van der Waals surface area contributed by atoms with Crippen LogP contribution in [0.4, 0.5) is 5.69 Å². The van der Waals surface area contributed by atoms with Gasteiger partial charge in [-0.1, -0.05) is 17.7 Å². The van der Waals surface area contributed by atoms with Crippen molar-refractivity contribution in [3.05, 3.63) is 53.6 Å². The highest BCUT2D eigenvalue weighted by molar-refractivity contribution is 7.89. The van der Waals surface area contributed by atoms with E-state index >= 15 is 0 Å². The van der Waals surface area contributed by atoms with E-state index in [4.69, 9.17) is 4.74 Å². The van der Waals surface area contributed by atoms with Gasteiger partial charge in [-0.25, -0.2) is 13.1 Å². The van der Waals surface area contributed by atoms with E-state index in [1.54, 1.807) is 12.1 Å². The lowest BCUT2D eigenvalue weighted by Crippen LogP contribution is -2.28. The number of ether oxygens (including phenoxy) is 1. The minimum Gasteiger partial charge on any atom is -0.492 e. The van der Waals surface area contributed by atoms with Crippen molar-refractivity contribution in [3.8, 4) is 5.75 Å². The summed E-state index contributed by atoms with van der Waals surface area (Å²) >= 11 is 0. The zero-order valence-corrected chi connectivity index (χ0v) is 15.3. The molecule has 0 fully saturated rings. The third kappa shape index (κ3) is 5.58. The fourth-order valence-corrected chi connectivity index (χ4v) is 3.32. The Morgan fingerprint density at radius 3 is 2.36 bits per heavy atom. The van der Waals surface area contributed by atoms with E-state index in [1.807, 2.05) is 32.0 Å². The molecule has 1 amide bonds. The summed E-state index contributed by atoms with van der Waals surface area (Å²) in [4.78, 5) is 11.1. The first kappa shape index (κ1) is 19.0. The van der Waals surface area contributed by atoms with Gasteiger partial charge in [0.25, 0.3) is 0 Å². The van der Waals surface area contributed by atoms with Crippen molar-refractivity contribution >= 4 is 21.6 Å². The Kier molecular flexibility index (Phi) is 6.17. The maximum atomic E-state index is 12.2. The molecule has 6 nitrogen and oxygen atoms in total. The molecule has 7 heteroatoms. The number of carbonyl (C=O) groups excluding carboxylic acids is 1. The molecule has 0 radical (unpaired) electrons. The summed E-state index contributed by atoms with van der Waals surface area (Å²) in [6, 6.07) is 11.8. The molecular weight excluding hydrogens is 340 g/mol. The summed E-state index contributed by atoms with van der Waals surface area (Å²) in [5.74, 6) is 0.529. The van der Waals surface area contributed by atoms with E-state index in [9.17, 15) is 13.2 Å². The predicted octanol–water partition coefficient (Wildman–Crippen LogP) is 2.62. The topological polar surface area (TPSA) is 84.5 Å².